The summed E-state index contributed by atoms with van der Waals surface area (Å²) in [6.07, 6.45) is 1.47. The first-order chi connectivity index (χ1) is 7.88. The second-order valence-electron chi connectivity index (χ2n) is 5.21. The molecule has 17 heavy (non-hydrogen) atoms. The van der Waals surface area contributed by atoms with Crippen LogP contribution in [0.5, 0.6) is 0 Å². The first-order valence-corrected chi connectivity index (χ1v) is 6.79. The fourth-order valence-electron chi connectivity index (χ4n) is 1.52. The van der Waals surface area contributed by atoms with Crippen LogP contribution in [-0.2, 0) is 21.4 Å². The van der Waals surface area contributed by atoms with E-state index in [1.165, 1.54) is 7.11 Å². The molecule has 1 aromatic rings. The number of thiazole rings is 1. The van der Waals surface area contributed by atoms with Gasteiger partial charge < -0.3 is 4.74 Å². The molecule has 0 aliphatic carbocycles. The summed E-state index contributed by atoms with van der Waals surface area (Å²) in [5.41, 5.74) is 1.17. The molecule has 1 rings (SSSR count). The zero-order valence-electron chi connectivity index (χ0n) is 11.2. The maximum Gasteiger partial charge on any atom is 0.309 e. The average Bonchev–Trinajstić information content (AvgIpc) is 2.73. The molecule has 4 heteroatoms. The monoisotopic (exact) mass is 255 g/mol. The van der Waals surface area contributed by atoms with Gasteiger partial charge in [-0.15, -0.1) is 11.3 Å². The lowest BCUT2D eigenvalue weighted by Gasteiger charge is -2.14. The summed E-state index contributed by atoms with van der Waals surface area (Å²) >= 11 is 1.63. The zero-order valence-corrected chi connectivity index (χ0v) is 12.1. The molecule has 0 bridgehead atoms. The molecule has 0 N–H and O–H groups in total. The summed E-state index contributed by atoms with van der Waals surface area (Å²) in [7, 11) is 1.44. The minimum atomic E-state index is -0.139. The van der Waals surface area contributed by atoms with Gasteiger partial charge in [-0.2, -0.15) is 0 Å². The molecule has 0 aliphatic heterocycles. The van der Waals surface area contributed by atoms with Gasteiger partial charge in [0.25, 0.3) is 0 Å². The zero-order chi connectivity index (χ0) is 13.1. The molecule has 1 atom stereocenters. The van der Waals surface area contributed by atoms with Gasteiger partial charge in [0.15, 0.2) is 0 Å². The number of hydrogen-bond acceptors (Lipinski definition) is 4. The van der Waals surface area contributed by atoms with Gasteiger partial charge in [0, 0.05) is 17.2 Å². The SMILES string of the molecule is CCC(Cc1nc(C(C)(C)C)cs1)C(=O)OC. The van der Waals surface area contributed by atoms with Gasteiger partial charge in [0.2, 0.25) is 0 Å². The maximum atomic E-state index is 11.5. The van der Waals surface area contributed by atoms with E-state index in [1.54, 1.807) is 11.3 Å². The van der Waals surface area contributed by atoms with E-state index in [4.69, 9.17) is 4.74 Å². The fourth-order valence-corrected chi connectivity index (χ4v) is 2.62. The predicted octanol–water partition coefficient (Wildman–Crippen LogP) is 3.18. The van der Waals surface area contributed by atoms with E-state index in [0.29, 0.717) is 6.42 Å². The highest BCUT2D eigenvalue weighted by Crippen LogP contribution is 2.25. The van der Waals surface area contributed by atoms with Crippen molar-refractivity contribution in [3.63, 3.8) is 0 Å². The lowest BCUT2D eigenvalue weighted by atomic mass is 9.93. The molecule has 0 radical (unpaired) electrons. The van der Waals surface area contributed by atoms with Crippen LogP contribution in [0.1, 0.15) is 44.8 Å². The molecule has 0 fully saturated rings. The number of rotatable bonds is 4. The minimum Gasteiger partial charge on any atom is -0.469 e. The van der Waals surface area contributed by atoms with Gasteiger partial charge >= 0.3 is 5.97 Å². The van der Waals surface area contributed by atoms with E-state index in [-0.39, 0.29) is 17.3 Å². The number of carbonyl (C=O) groups excluding carboxylic acids is 1. The summed E-state index contributed by atoms with van der Waals surface area (Å²) in [6, 6.07) is 0. The normalized spacial score (nSPS) is 13.5. The number of esters is 1. The molecule has 1 aromatic heterocycles. The predicted molar refractivity (Wildman–Crippen MR) is 70.3 cm³/mol. The third-order valence-corrected chi connectivity index (χ3v) is 3.64. The first kappa shape index (κ1) is 14.2. The molecule has 0 saturated heterocycles. The number of carbonyl (C=O) groups is 1. The van der Waals surface area contributed by atoms with Crippen molar-refractivity contribution in [3.8, 4) is 0 Å². The van der Waals surface area contributed by atoms with Gasteiger partial charge in [-0.1, -0.05) is 27.7 Å². The maximum absolute atomic E-state index is 11.5. The number of nitrogens with zero attached hydrogens (tertiary/aromatic N) is 1. The smallest absolute Gasteiger partial charge is 0.309 e. The number of ether oxygens (including phenoxy) is 1. The molecule has 0 aliphatic rings. The Labute approximate surface area is 107 Å². The summed E-state index contributed by atoms with van der Waals surface area (Å²) in [4.78, 5) is 16.1. The number of hydrogen-bond donors (Lipinski definition) is 0. The van der Waals surface area contributed by atoms with Gasteiger partial charge in [-0.3, -0.25) is 4.79 Å². The Morgan fingerprint density at radius 3 is 2.59 bits per heavy atom. The lowest BCUT2D eigenvalue weighted by molar-refractivity contribution is -0.145. The second-order valence-corrected chi connectivity index (χ2v) is 6.15. The van der Waals surface area contributed by atoms with E-state index in [2.05, 4.69) is 31.1 Å². The average molecular weight is 255 g/mol. The molecule has 0 saturated carbocycles. The summed E-state index contributed by atoms with van der Waals surface area (Å²) < 4.78 is 4.79. The Kier molecular flexibility index (Phi) is 4.69. The van der Waals surface area contributed by atoms with Crippen molar-refractivity contribution in [1.29, 1.82) is 0 Å². The van der Waals surface area contributed by atoms with E-state index in [0.717, 1.165) is 17.1 Å². The quantitative estimate of drug-likeness (QED) is 0.776. The third kappa shape index (κ3) is 3.80. The van der Waals surface area contributed by atoms with Crippen molar-refractivity contribution in [1.82, 2.24) is 4.98 Å². The van der Waals surface area contributed by atoms with Crippen molar-refractivity contribution in [3.05, 3.63) is 16.1 Å². The summed E-state index contributed by atoms with van der Waals surface area (Å²) in [5, 5.41) is 3.10. The van der Waals surface area contributed by atoms with Crippen molar-refractivity contribution < 1.29 is 9.53 Å². The third-order valence-electron chi connectivity index (χ3n) is 2.77. The van der Waals surface area contributed by atoms with E-state index < -0.39 is 0 Å². The van der Waals surface area contributed by atoms with Gasteiger partial charge in [0.1, 0.15) is 0 Å². The van der Waals surface area contributed by atoms with Crippen LogP contribution in [0.4, 0.5) is 0 Å². The fraction of sp³-hybridized carbons (Fsp3) is 0.692. The van der Waals surface area contributed by atoms with Crippen molar-refractivity contribution in [2.24, 2.45) is 5.92 Å². The molecule has 1 heterocycles. The van der Waals surface area contributed by atoms with Crippen molar-refractivity contribution in [2.75, 3.05) is 7.11 Å². The highest BCUT2D eigenvalue weighted by molar-refractivity contribution is 7.09. The largest absolute Gasteiger partial charge is 0.469 e. The van der Waals surface area contributed by atoms with E-state index in [1.807, 2.05) is 6.92 Å². The van der Waals surface area contributed by atoms with Crippen LogP contribution in [0.3, 0.4) is 0 Å². The molecular formula is C13H21NO2S. The number of methoxy groups -OCH3 is 1. The summed E-state index contributed by atoms with van der Waals surface area (Å²) in [5.74, 6) is -0.209. The van der Waals surface area contributed by atoms with Gasteiger partial charge in [-0.05, 0) is 6.42 Å². The van der Waals surface area contributed by atoms with Crippen LogP contribution < -0.4 is 0 Å². The Morgan fingerprint density at radius 1 is 1.53 bits per heavy atom. The van der Waals surface area contributed by atoms with Gasteiger partial charge in [0.05, 0.1) is 23.7 Å². The second kappa shape index (κ2) is 5.63. The van der Waals surface area contributed by atoms with Crippen LogP contribution in [0.15, 0.2) is 5.38 Å². The van der Waals surface area contributed by atoms with Crippen LogP contribution >= 0.6 is 11.3 Å². The topological polar surface area (TPSA) is 39.2 Å². The minimum absolute atomic E-state index is 0.0704. The van der Waals surface area contributed by atoms with E-state index in [9.17, 15) is 4.79 Å². The first-order valence-electron chi connectivity index (χ1n) is 5.91. The Morgan fingerprint density at radius 2 is 2.18 bits per heavy atom. The molecule has 0 spiro atoms. The highest BCUT2D eigenvalue weighted by Gasteiger charge is 2.22. The molecule has 3 nitrogen and oxygen atoms in total. The number of aromatic nitrogens is 1. The van der Waals surface area contributed by atoms with E-state index >= 15 is 0 Å². The molecule has 1 unspecified atom stereocenters. The Balaban J connectivity index is 2.75. The van der Waals surface area contributed by atoms with Crippen molar-refractivity contribution >= 4 is 17.3 Å². The van der Waals surface area contributed by atoms with Crippen molar-refractivity contribution in [2.45, 2.75) is 46.0 Å². The Hall–Kier alpha value is -0.900. The van der Waals surface area contributed by atoms with Gasteiger partial charge in [-0.25, -0.2) is 4.98 Å². The van der Waals surface area contributed by atoms with Crippen LogP contribution in [0.25, 0.3) is 0 Å². The molecule has 96 valence electrons. The molecular weight excluding hydrogens is 234 g/mol. The van der Waals surface area contributed by atoms with Crippen LogP contribution in [0, 0.1) is 5.92 Å². The standard InChI is InChI=1S/C13H21NO2S/c1-6-9(12(15)16-5)7-11-14-10(8-17-11)13(2,3)4/h8-9H,6-7H2,1-5H3. The van der Waals surface area contributed by atoms with Crippen LogP contribution in [-0.4, -0.2) is 18.1 Å². The van der Waals surface area contributed by atoms with Crippen LogP contribution in [0.2, 0.25) is 0 Å². The Bertz CT molecular complexity index is 379. The molecule has 0 amide bonds. The summed E-state index contributed by atoms with van der Waals surface area (Å²) in [6.45, 7) is 8.43. The highest BCUT2D eigenvalue weighted by atomic mass is 32.1. The lowest BCUT2D eigenvalue weighted by Crippen LogP contribution is -2.18. The molecule has 0 aromatic carbocycles.